The third-order valence-corrected chi connectivity index (χ3v) is 6.92. The van der Waals surface area contributed by atoms with E-state index < -0.39 is 0 Å². The molecule has 5 nitrogen and oxygen atoms in total. The molecule has 4 fully saturated rings. The molecule has 28 heavy (non-hydrogen) atoms. The van der Waals surface area contributed by atoms with Crippen molar-refractivity contribution in [3.05, 3.63) is 36.0 Å². The quantitative estimate of drug-likeness (QED) is 0.814. The van der Waals surface area contributed by atoms with Crippen molar-refractivity contribution in [3.8, 4) is 11.4 Å². The summed E-state index contributed by atoms with van der Waals surface area (Å²) in [5, 5.41) is 7.29. The van der Waals surface area contributed by atoms with Crippen LogP contribution in [0.5, 0.6) is 0 Å². The van der Waals surface area contributed by atoms with Crippen molar-refractivity contribution in [2.24, 2.45) is 23.7 Å². The second-order valence-corrected chi connectivity index (χ2v) is 8.90. The van der Waals surface area contributed by atoms with Crippen LogP contribution in [0, 0.1) is 29.5 Å². The molecule has 0 spiro atoms. The molecule has 1 amide bonds. The van der Waals surface area contributed by atoms with Gasteiger partial charge in [0, 0.05) is 24.4 Å². The number of carbonyl (C=O) groups is 1. The number of nitrogens with one attached hydrogen (secondary N) is 1. The van der Waals surface area contributed by atoms with E-state index in [9.17, 15) is 9.18 Å². The lowest BCUT2D eigenvalue weighted by molar-refractivity contribution is -0.125. The highest BCUT2D eigenvalue weighted by Crippen LogP contribution is 2.53. The van der Waals surface area contributed by atoms with Gasteiger partial charge >= 0.3 is 0 Å². The normalized spacial score (nSPS) is 30.5. The molecule has 1 N–H and O–H groups in total. The highest BCUT2D eigenvalue weighted by atomic mass is 19.1. The molecule has 4 saturated carbocycles. The number of aromatic nitrogens is 2. The van der Waals surface area contributed by atoms with Crippen molar-refractivity contribution >= 4 is 5.91 Å². The Kier molecular flexibility index (Phi) is 4.65. The van der Waals surface area contributed by atoms with Gasteiger partial charge in [-0.25, -0.2) is 4.39 Å². The van der Waals surface area contributed by atoms with E-state index >= 15 is 0 Å². The summed E-state index contributed by atoms with van der Waals surface area (Å²) in [6.45, 7) is 0. The van der Waals surface area contributed by atoms with E-state index in [2.05, 4.69) is 15.5 Å². The number of nitrogens with zero attached hydrogens (tertiary/aromatic N) is 2. The number of hydrogen-bond donors (Lipinski definition) is 1. The summed E-state index contributed by atoms with van der Waals surface area (Å²) >= 11 is 0. The molecular weight excluding hydrogens is 357 g/mol. The molecule has 1 aromatic heterocycles. The van der Waals surface area contributed by atoms with E-state index in [1.54, 1.807) is 12.1 Å². The number of rotatable bonds is 6. The van der Waals surface area contributed by atoms with Gasteiger partial charge < -0.3 is 9.84 Å². The molecule has 4 aliphatic carbocycles. The maximum atomic E-state index is 13.0. The smallest absolute Gasteiger partial charge is 0.226 e. The van der Waals surface area contributed by atoms with Crippen LogP contribution >= 0.6 is 0 Å². The Hall–Kier alpha value is -2.24. The minimum absolute atomic E-state index is 0.149. The predicted molar refractivity (Wildman–Crippen MR) is 102 cm³/mol. The molecule has 4 bridgehead atoms. The van der Waals surface area contributed by atoms with Crippen molar-refractivity contribution in [2.75, 3.05) is 0 Å². The van der Waals surface area contributed by atoms with E-state index in [4.69, 9.17) is 4.52 Å². The molecule has 0 radical (unpaired) electrons. The van der Waals surface area contributed by atoms with Crippen LogP contribution in [0.3, 0.4) is 0 Å². The number of amides is 1. The average molecular weight is 383 g/mol. The lowest BCUT2D eigenvalue weighted by atomic mass is 9.54. The highest BCUT2D eigenvalue weighted by Gasteiger charge is 2.48. The monoisotopic (exact) mass is 383 g/mol. The Bertz CT molecular complexity index is 820. The van der Waals surface area contributed by atoms with Crippen LogP contribution < -0.4 is 5.32 Å². The summed E-state index contributed by atoms with van der Waals surface area (Å²) in [5.41, 5.74) is 0.719. The summed E-state index contributed by atoms with van der Waals surface area (Å²) in [6, 6.07) is 6.40. The first-order valence-electron chi connectivity index (χ1n) is 10.5. The highest BCUT2D eigenvalue weighted by molar-refractivity contribution is 5.76. The van der Waals surface area contributed by atoms with Gasteiger partial charge in [0.05, 0.1) is 0 Å². The van der Waals surface area contributed by atoms with Gasteiger partial charge in [0.2, 0.25) is 17.6 Å². The fraction of sp³-hybridized carbons (Fsp3) is 0.591. The Morgan fingerprint density at radius 2 is 1.75 bits per heavy atom. The van der Waals surface area contributed by atoms with Gasteiger partial charge in [0.1, 0.15) is 5.82 Å². The van der Waals surface area contributed by atoms with Crippen molar-refractivity contribution in [2.45, 2.75) is 57.4 Å². The summed E-state index contributed by atoms with van der Waals surface area (Å²) in [6.07, 6.45) is 8.42. The number of carbonyl (C=O) groups excluding carboxylic acids is 1. The van der Waals surface area contributed by atoms with Gasteiger partial charge in [-0.05, 0) is 86.5 Å². The fourth-order valence-corrected chi connectivity index (χ4v) is 5.89. The molecule has 148 valence electrons. The second kappa shape index (κ2) is 7.30. The van der Waals surface area contributed by atoms with Crippen LogP contribution in [-0.4, -0.2) is 22.1 Å². The maximum Gasteiger partial charge on any atom is 0.226 e. The number of halogens is 1. The lowest BCUT2D eigenvalue weighted by Gasteiger charge is -2.54. The zero-order valence-electron chi connectivity index (χ0n) is 15.9. The van der Waals surface area contributed by atoms with Crippen molar-refractivity contribution in [1.29, 1.82) is 0 Å². The maximum absolute atomic E-state index is 13.0. The van der Waals surface area contributed by atoms with Crippen LogP contribution in [0.2, 0.25) is 0 Å². The van der Waals surface area contributed by atoms with Gasteiger partial charge in [0.25, 0.3) is 0 Å². The third-order valence-electron chi connectivity index (χ3n) is 6.92. The minimum atomic E-state index is -0.294. The summed E-state index contributed by atoms with van der Waals surface area (Å²) in [4.78, 5) is 16.8. The Morgan fingerprint density at radius 3 is 2.43 bits per heavy atom. The van der Waals surface area contributed by atoms with E-state index in [0.29, 0.717) is 48.9 Å². The second-order valence-electron chi connectivity index (χ2n) is 8.90. The first-order chi connectivity index (χ1) is 13.6. The first kappa shape index (κ1) is 17.8. The summed E-state index contributed by atoms with van der Waals surface area (Å²) in [5.74, 6) is 4.07. The molecule has 0 saturated heterocycles. The molecule has 1 heterocycles. The predicted octanol–water partition coefficient (Wildman–Crippen LogP) is 4.14. The average Bonchev–Trinajstić information content (AvgIpc) is 3.13. The fourth-order valence-electron chi connectivity index (χ4n) is 5.89. The van der Waals surface area contributed by atoms with Gasteiger partial charge in [-0.15, -0.1) is 0 Å². The molecule has 4 aliphatic rings. The van der Waals surface area contributed by atoms with Crippen molar-refractivity contribution in [3.63, 3.8) is 0 Å². The lowest BCUT2D eigenvalue weighted by Crippen LogP contribution is -2.55. The van der Waals surface area contributed by atoms with Gasteiger partial charge in [-0.3, -0.25) is 4.79 Å². The number of aryl methyl sites for hydroxylation is 1. The van der Waals surface area contributed by atoms with Crippen LogP contribution in [-0.2, 0) is 11.2 Å². The summed E-state index contributed by atoms with van der Waals surface area (Å²) < 4.78 is 18.3. The first-order valence-corrected chi connectivity index (χ1v) is 10.5. The molecule has 0 unspecified atom stereocenters. The molecule has 2 aromatic rings. The van der Waals surface area contributed by atoms with Crippen molar-refractivity contribution in [1.82, 2.24) is 15.5 Å². The topological polar surface area (TPSA) is 68.0 Å². The summed E-state index contributed by atoms with van der Waals surface area (Å²) in [7, 11) is 0. The van der Waals surface area contributed by atoms with E-state index in [0.717, 1.165) is 17.4 Å². The number of benzene rings is 1. The molecule has 6 rings (SSSR count). The molecule has 6 heteroatoms. The Balaban J connectivity index is 1.11. The van der Waals surface area contributed by atoms with E-state index in [-0.39, 0.29) is 11.7 Å². The van der Waals surface area contributed by atoms with Crippen LogP contribution in [0.15, 0.2) is 28.8 Å². The largest absolute Gasteiger partial charge is 0.353 e. The Morgan fingerprint density at radius 1 is 1.07 bits per heavy atom. The van der Waals surface area contributed by atoms with Gasteiger partial charge in [-0.1, -0.05) is 5.16 Å². The third kappa shape index (κ3) is 3.56. The van der Waals surface area contributed by atoms with Crippen LogP contribution in [0.1, 0.15) is 50.8 Å². The molecule has 0 atom stereocenters. The molecular formula is C22H26FN3O2. The standard InChI is InChI=1S/C22H26FN3O2/c23-18-6-4-15(5-7-18)22-25-20(28-26-22)3-1-2-19(27)24-21-16-9-13-8-14(11-16)12-17(21)10-13/h4-7,13-14,16-17,21H,1-3,8-12H2,(H,24,27). The minimum Gasteiger partial charge on any atom is -0.353 e. The van der Waals surface area contributed by atoms with E-state index in [1.807, 2.05) is 0 Å². The van der Waals surface area contributed by atoms with Crippen LogP contribution in [0.25, 0.3) is 11.4 Å². The van der Waals surface area contributed by atoms with Gasteiger partial charge in [-0.2, -0.15) is 4.98 Å². The zero-order chi connectivity index (χ0) is 19.1. The molecule has 1 aromatic carbocycles. The van der Waals surface area contributed by atoms with E-state index in [1.165, 1.54) is 44.2 Å². The van der Waals surface area contributed by atoms with Crippen LogP contribution in [0.4, 0.5) is 4.39 Å². The van der Waals surface area contributed by atoms with Gasteiger partial charge in [0.15, 0.2) is 0 Å². The molecule has 0 aliphatic heterocycles. The Labute approximate surface area is 164 Å². The zero-order valence-corrected chi connectivity index (χ0v) is 15.9. The van der Waals surface area contributed by atoms with Crippen molar-refractivity contribution < 1.29 is 13.7 Å². The number of hydrogen-bond acceptors (Lipinski definition) is 4. The SMILES string of the molecule is O=C(CCCc1nc(-c2ccc(F)cc2)no1)NC1C2CC3CC(C2)CC1C3.